The van der Waals surface area contributed by atoms with Crippen LogP contribution in [0.4, 0.5) is 4.39 Å². The molecule has 6 heteroatoms. The second-order valence-electron chi connectivity index (χ2n) is 4.02. The van der Waals surface area contributed by atoms with Crippen molar-refractivity contribution >= 4 is 40.7 Å². The lowest BCUT2D eigenvalue weighted by atomic mass is 10.1. The lowest BCUT2D eigenvalue weighted by Crippen LogP contribution is -2.24. The van der Waals surface area contributed by atoms with Gasteiger partial charge < -0.3 is 5.32 Å². The fourth-order valence-electron chi connectivity index (χ4n) is 1.64. The molecule has 0 unspecified atom stereocenters. The molecule has 2 nitrogen and oxygen atoms in total. The van der Waals surface area contributed by atoms with Crippen molar-refractivity contribution in [3.05, 3.63) is 68.4 Å². The van der Waals surface area contributed by atoms with Gasteiger partial charge in [0.2, 0.25) is 0 Å². The van der Waals surface area contributed by atoms with Gasteiger partial charge in [0.1, 0.15) is 5.82 Å². The molecular weight excluding hydrogens is 324 g/mol. The van der Waals surface area contributed by atoms with Crippen molar-refractivity contribution in [1.29, 1.82) is 0 Å². The Labute approximate surface area is 130 Å². The van der Waals surface area contributed by atoms with Gasteiger partial charge in [-0.25, -0.2) is 4.39 Å². The number of halogens is 4. The molecular formula is C14H9Cl3FNO. The summed E-state index contributed by atoms with van der Waals surface area (Å²) < 4.78 is 13.6. The Morgan fingerprint density at radius 3 is 2.50 bits per heavy atom. The fraction of sp³-hybridized carbons (Fsp3) is 0.0714. The molecule has 0 atom stereocenters. The van der Waals surface area contributed by atoms with E-state index in [9.17, 15) is 9.18 Å². The zero-order chi connectivity index (χ0) is 14.7. The van der Waals surface area contributed by atoms with Crippen LogP contribution in [-0.4, -0.2) is 5.91 Å². The van der Waals surface area contributed by atoms with E-state index in [1.54, 1.807) is 18.2 Å². The van der Waals surface area contributed by atoms with E-state index in [-0.39, 0.29) is 17.1 Å². The first-order valence-electron chi connectivity index (χ1n) is 5.65. The summed E-state index contributed by atoms with van der Waals surface area (Å²) in [4.78, 5) is 11.9. The van der Waals surface area contributed by atoms with Crippen LogP contribution in [0, 0.1) is 5.82 Å². The van der Waals surface area contributed by atoms with E-state index >= 15 is 0 Å². The lowest BCUT2D eigenvalue weighted by molar-refractivity contribution is 0.0947. The molecule has 20 heavy (non-hydrogen) atoms. The van der Waals surface area contributed by atoms with Crippen molar-refractivity contribution in [1.82, 2.24) is 5.32 Å². The maximum atomic E-state index is 13.6. The average Bonchev–Trinajstić information content (AvgIpc) is 2.37. The topological polar surface area (TPSA) is 29.1 Å². The largest absolute Gasteiger partial charge is 0.348 e. The van der Waals surface area contributed by atoms with Gasteiger partial charge in [0, 0.05) is 16.6 Å². The molecule has 104 valence electrons. The van der Waals surface area contributed by atoms with Crippen LogP contribution in [0.25, 0.3) is 0 Å². The zero-order valence-electron chi connectivity index (χ0n) is 10.1. The third kappa shape index (κ3) is 3.42. The normalized spacial score (nSPS) is 10.4. The summed E-state index contributed by atoms with van der Waals surface area (Å²) in [5.74, 6) is -1.27. The average molecular weight is 333 g/mol. The third-order valence-corrected chi connectivity index (χ3v) is 3.55. The molecule has 2 aromatic rings. The Morgan fingerprint density at radius 2 is 1.85 bits per heavy atom. The van der Waals surface area contributed by atoms with Crippen molar-refractivity contribution in [2.45, 2.75) is 6.54 Å². The van der Waals surface area contributed by atoms with E-state index in [4.69, 9.17) is 34.8 Å². The van der Waals surface area contributed by atoms with Gasteiger partial charge in [0.25, 0.3) is 5.91 Å². The predicted octanol–water partition coefficient (Wildman–Crippen LogP) is 4.72. The molecule has 2 rings (SSSR count). The summed E-state index contributed by atoms with van der Waals surface area (Å²) in [7, 11) is 0. The maximum absolute atomic E-state index is 13.6. The Balaban J connectivity index is 2.13. The summed E-state index contributed by atoms with van der Waals surface area (Å²) in [6.45, 7) is 0.152. The van der Waals surface area contributed by atoms with Crippen LogP contribution >= 0.6 is 34.8 Å². The van der Waals surface area contributed by atoms with Crippen LogP contribution in [-0.2, 0) is 6.54 Å². The number of benzene rings is 2. The van der Waals surface area contributed by atoms with Crippen molar-refractivity contribution < 1.29 is 9.18 Å². The minimum absolute atomic E-state index is 0.0599. The zero-order valence-corrected chi connectivity index (χ0v) is 12.4. The van der Waals surface area contributed by atoms with E-state index in [0.717, 1.165) is 0 Å². The minimum Gasteiger partial charge on any atom is -0.348 e. The summed E-state index contributed by atoms with van der Waals surface area (Å²) in [5.41, 5.74) is 0.496. The SMILES string of the molecule is O=C(NCc1ccc(Cl)cc1Cl)c1c(F)cccc1Cl. The number of amides is 1. The molecule has 2 aromatic carbocycles. The van der Waals surface area contributed by atoms with Crippen molar-refractivity contribution in [3.63, 3.8) is 0 Å². The summed E-state index contributed by atoms with van der Waals surface area (Å²) in [5, 5.41) is 3.56. The van der Waals surface area contributed by atoms with E-state index in [2.05, 4.69) is 5.32 Å². The van der Waals surface area contributed by atoms with E-state index in [1.807, 2.05) is 0 Å². The van der Waals surface area contributed by atoms with Gasteiger partial charge in [-0.2, -0.15) is 0 Å². The molecule has 0 radical (unpaired) electrons. The van der Waals surface area contributed by atoms with Crippen LogP contribution in [0.5, 0.6) is 0 Å². The minimum atomic E-state index is -0.669. The van der Waals surface area contributed by atoms with Gasteiger partial charge in [0.05, 0.1) is 10.6 Å². The molecule has 0 aliphatic heterocycles. The molecule has 0 aliphatic rings. The molecule has 0 spiro atoms. The second kappa shape index (κ2) is 6.44. The molecule has 0 bridgehead atoms. The van der Waals surface area contributed by atoms with Crippen LogP contribution < -0.4 is 5.32 Å². The first-order chi connectivity index (χ1) is 9.49. The Morgan fingerprint density at radius 1 is 1.10 bits per heavy atom. The lowest BCUT2D eigenvalue weighted by Gasteiger charge is -2.09. The smallest absolute Gasteiger partial charge is 0.256 e. The van der Waals surface area contributed by atoms with Crippen molar-refractivity contribution in [3.8, 4) is 0 Å². The molecule has 1 N–H and O–H groups in total. The maximum Gasteiger partial charge on any atom is 0.256 e. The number of hydrogen-bond acceptors (Lipinski definition) is 1. The van der Waals surface area contributed by atoms with E-state index < -0.39 is 11.7 Å². The van der Waals surface area contributed by atoms with Crippen molar-refractivity contribution in [2.24, 2.45) is 0 Å². The van der Waals surface area contributed by atoms with E-state index in [0.29, 0.717) is 15.6 Å². The number of nitrogens with one attached hydrogen (secondary N) is 1. The van der Waals surface area contributed by atoms with Crippen LogP contribution in [0.3, 0.4) is 0 Å². The Bertz CT molecular complexity index is 641. The standard InChI is InChI=1S/C14H9Cl3FNO/c15-9-5-4-8(11(17)6-9)7-19-14(20)13-10(16)2-1-3-12(13)18/h1-6H,7H2,(H,19,20). The molecule has 0 saturated heterocycles. The molecule has 0 heterocycles. The van der Waals surface area contributed by atoms with Gasteiger partial charge in [-0.15, -0.1) is 0 Å². The Hall–Kier alpha value is -1.29. The highest BCUT2D eigenvalue weighted by atomic mass is 35.5. The first-order valence-corrected chi connectivity index (χ1v) is 6.78. The quantitative estimate of drug-likeness (QED) is 0.866. The monoisotopic (exact) mass is 331 g/mol. The van der Waals surface area contributed by atoms with Gasteiger partial charge in [-0.3, -0.25) is 4.79 Å². The van der Waals surface area contributed by atoms with Gasteiger partial charge >= 0.3 is 0 Å². The fourth-order valence-corrected chi connectivity index (χ4v) is 2.37. The molecule has 0 saturated carbocycles. The van der Waals surface area contributed by atoms with Gasteiger partial charge in [-0.05, 0) is 29.8 Å². The first kappa shape index (κ1) is 15.1. The predicted molar refractivity (Wildman–Crippen MR) is 79.0 cm³/mol. The highest BCUT2D eigenvalue weighted by Gasteiger charge is 2.15. The molecule has 1 amide bonds. The van der Waals surface area contributed by atoms with Gasteiger partial charge in [-0.1, -0.05) is 46.9 Å². The third-order valence-electron chi connectivity index (χ3n) is 2.64. The molecule has 0 aromatic heterocycles. The number of rotatable bonds is 3. The number of carbonyl (C=O) groups excluding carboxylic acids is 1. The number of hydrogen-bond donors (Lipinski definition) is 1. The van der Waals surface area contributed by atoms with Crippen LogP contribution in [0.2, 0.25) is 15.1 Å². The summed E-state index contributed by atoms with van der Waals surface area (Å²) >= 11 is 17.6. The van der Waals surface area contributed by atoms with Crippen molar-refractivity contribution in [2.75, 3.05) is 0 Å². The highest BCUT2D eigenvalue weighted by Crippen LogP contribution is 2.22. The second-order valence-corrected chi connectivity index (χ2v) is 5.27. The Kier molecular flexibility index (Phi) is 4.86. The van der Waals surface area contributed by atoms with E-state index in [1.165, 1.54) is 18.2 Å². The summed E-state index contributed by atoms with van der Waals surface area (Å²) in [6, 6.07) is 8.98. The number of carbonyl (C=O) groups is 1. The van der Waals surface area contributed by atoms with Crippen LogP contribution in [0.15, 0.2) is 36.4 Å². The van der Waals surface area contributed by atoms with Crippen LogP contribution in [0.1, 0.15) is 15.9 Å². The summed E-state index contributed by atoms with van der Waals surface area (Å²) in [6.07, 6.45) is 0. The highest BCUT2D eigenvalue weighted by molar-refractivity contribution is 6.35. The van der Waals surface area contributed by atoms with Gasteiger partial charge in [0.15, 0.2) is 0 Å². The molecule has 0 aliphatic carbocycles. The molecule has 0 fully saturated rings.